The molecule has 15 heavy (non-hydrogen) atoms. The van der Waals surface area contributed by atoms with Gasteiger partial charge in [0.15, 0.2) is 0 Å². The summed E-state index contributed by atoms with van der Waals surface area (Å²) in [6, 6.07) is 6.90. The number of rotatable bonds is 5. The molecule has 0 aliphatic rings. The highest BCUT2D eigenvalue weighted by atomic mass is 14.9. The van der Waals surface area contributed by atoms with Crippen LogP contribution in [-0.2, 0) is 6.42 Å². The summed E-state index contributed by atoms with van der Waals surface area (Å²) in [5.41, 5.74) is 9.55. The van der Waals surface area contributed by atoms with Crippen molar-refractivity contribution in [3.63, 3.8) is 0 Å². The maximum atomic E-state index is 5.55. The SMILES string of the molecule is CCc1cccc(C)c1NC(C)CCN. The number of benzene rings is 1. The Balaban J connectivity index is 2.82. The molecular formula is C13H22N2. The van der Waals surface area contributed by atoms with Crippen LogP contribution in [0.5, 0.6) is 0 Å². The molecule has 2 nitrogen and oxygen atoms in total. The molecule has 1 aromatic carbocycles. The zero-order chi connectivity index (χ0) is 11.3. The molecule has 0 bridgehead atoms. The second kappa shape index (κ2) is 5.76. The van der Waals surface area contributed by atoms with Gasteiger partial charge in [-0.3, -0.25) is 0 Å². The van der Waals surface area contributed by atoms with Crippen molar-refractivity contribution in [2.45, 2.75) is 39.7 Å². The Morgan fingerprint density at radius 1 is 1.40 bits per heavy atom. The van der Waals surface area contributed by atoms with Crippen LogP contribution in [0.3, 0.4) is 0 Å². The fourth-order valence-electron chi connectivity index (χ4n) is 1.80. The molecule has 3 N–H and O–H groups in total. The summed E-state index contributed by atoms with van der Waals surface area (Å²) in [7, 11) is 0. The van der Waals surface area contributed by atoms with Gasteiger partial charge in [-0.2, -0.15) is 0 Å². The molecule has 0 amide bonds. The van der Waals surface area contributed by atoms with Gasteiger partial charge >= 0.3 is 0 Å². The van der Waals surface area contributed by atoms with Crippen LogP contribution in [0.1, 0.15) is 31.4 Å². The molecule has 0 saturated heterocycles. The smallest absolute Gasteiger partial charge is 0.0404 e. The van der Waals surface area contributed by atoms with E-state index in [0.29, 0.717) is 6.04 Å². The van der Waals surface area contributed by atoms with Gasteiger partial charge in [-0.15, -0.1) is 0 Å². The molecule has 0 spiro atoms. The van der Waals surface area contributed by atoms with E-state index < -0.39 is 0 Å². The van der Waals surface area contributed by atoms with E-state index in [4.69, 9.17) is 5.73 Å². The lowest BCUT2D eigenvalue weighted by molar-refractivity contribution is 0.715. The van der Waals surface area contributed by atoms with Crippen LogP contribution in [0.4, 0.5) is 5.69 Å². The van der Waals surface area contributed by atoms with Gasteiger partial charge in [-0.25, -0.2) is 0 Å². The fraction of sp³-hybridized carbons (Fsp3) is 0.538. The first-order valence-corrected chi connectivity index (χ1v) is 5.74. The second-order valence-corrected chi connectivity index (χ2v) is 4.09. The van der Waals surface area contributed by atoms with Crippen LogP contribution in [0.2, 0.25) is 0 Å². The van der Waals surface area contributed by atoms with E-state index in [-0.39, 0.29) is 0 Å². The predicted molar refractivity (Wildman–Crippen MR) is 67.3 cm³/mol. The number of para-hydroxylation sites is 1. The Kier molecular flexibility index (Phi) is 4.63. The molecule has 1 unspecified atom stereocenters. The quantitative estimate of drug-likeness (QED) is 0.777. The standard InChI is InChI=1S/C13H22N2/c1-4-12-7-5-6-10(2)13(12)15-11(3)8-9-14/h5-7,11,15H,4,8-9,14H2,1-3H3. The highest BCUT2D eigenvalue weighted by Gasteiger charge is 2.06. The van der Waals surface area contributed by atoms with Crippen LogP contribution in [0.15, 0.2) is 18.2 Å². The lowest BCUT2D eigenvalue weighted by Gasteiger charge is -2.19. The Bertz CT molecular complexity index is 307. The van der Waals surface area contributed by atoms with Gasteiger partial charge in [0.25, 0.3) is 0 Å². The Morgan fingerprint density at radius 3 is 2.73 bits per heavy atom. The van der Waals surface area contributed by atoms with E-state index in [0.717, 1.165) is 19.4 Å². The maximum absolute atomic E-state index is 5.55. The molecule has 1 atom stereocenters. The summed E-state index contributed by atoms with van der Waals surface area (Å²) < 4.78 is 0. The monoisotopic (exact) mass is 206 g/mol. The van der Waals surface area contributed by atoms with E-state index in [1.807, 2.05) is 0 Å². The van der Waals surface area contributed by atoms with Gasteiger partial charge in [0.05, 0.1) is 0 Å². The van der Waals surface area contributed by atoms with Crippen LogP contribution >= 0.6 is 0 Å². The topological polar surface area (TPSA) is 38.0 Å². The highest BCUT2D eigenvalue weighted by molar-refractivity contribution is 5.57. The van der Waals surface area contributed by atoms with Gasteiger partial charge in [0, 0.05) is 11.7 Å². The third-order valence-electron chi connectivity index (χ3n) is 2.73. The molecule has 0 aliphatic carbocycles. The molecule has 0 radical (unpaired) electrons. The maximum Gasteiger partial charge on any atom is 0.0404 e. The first-order chi connectivity index (χ1) is 7.19. The lowest BCUT2D eigenvalue weighted by atomic mass is 10.0. The van der Waals surface area contributed by atoms with Gasteiger partial charge in [0.2, 0.25) is 0 Å². The number of nitrogens with one attached hydrogen (secondary N) is 1. The summed E-state index contributed by atoms with van der Waals surface area (Å²) in [5, 5.41) is 3.55. The molecule has 0 aromatic heterocycles. The summed E-state index contributed by atoms with van der Waals surface area (Å²) in [4.78, 5) is 0. The zero-order valence-electron chi connectivity index (χ0n) is 10.0. The van der Waals surface area contributed by atoms with Crippen molar-refractivity contribution in [1.82, 2.24) is 0 Å². The number of hydrogen-bond acceptors (Lipinski definition) is 2. The summed E-state index contributed by atoms with van der Waals surface area (Å²) >= 11 is 0. The van der Waals surface area contributed by atoms with E-state index in [2.05, 4.69) is 44.3 Å². The van der Waals surface area contributed by atoms with Crippen LogP contribution < -0.4 is 11.1 Å². The Hall–Kier alpha value is -1.02. The lowest BCUT2D eigenvalue weighted by Crippen LogP contribution is -2.20. The van der Waals surface area contributed by atoms with E-state index in [9.17, 15) is 0 Å². The van der Waals surface area contributed by atoms with Crippen LogP contribution in [0, 0.1) is 6.92 Å². The number of anilines is 1. The van der Waals surface area contributed by atoms with Gasteiger partial charge in [0.1, 0.15) is 0 Å². The molecule has 0 saturated carbocycles. The summed E-state index contributed by atoms with van der Waals surface area (Å²) in [6.07, 6.45) is 2.08. The molecular weight excluding hydrogens is 184 g/mol. The van der Waals surface area contributed by atoms with Crippen molar-refractivity contribution in [3.8, 4) is 0 Å². The molecule has 2 heteroatoms. The zero-order valence-corrected chi connectivity index (χ0v) is 10.0. The minimum atomic E-state index is 0.446. The Morgan fingerprint density at radius 2 is 2.13 bits per heavy atom. The van der Waals surface area contributed by atoms with Gasteiger partial charge < -0.3 is 11.1 Å². The minimum absolute atomic E-state index is 0.446. The predicted octanol–water partition coefficient (Wildman–Crippen LogP) is 2.71. The molecule has 0 aliphatic heterocycles. The van der Waals surface area contributed by atoms with Gasteiger partial charge in [-0.1, -0.05) is 25.1 Å². The molecule has 1 aromatic rings. The van der Waals surface area contributed by atoms with Gasteiger partial charge in [-0.05, 0) is 44.4 Å². The van der Waals surface area contributed by atoms with Crippen molar-refractivity contribution < 1.29 is 0 Å². The fourth-order valence-corrected chi connectivity index (χ4v) is 1.80. The number of aryl methyl sites for hydroxylation is 2. The minimum Gasteiger partial charge on any atom is -0.382 e. The largest absolute Gasteiger partial charge is 0.382 e. The Labute approximate surface area is 92.9 Å². The summed E-state index contributed by atoms with van der Waals surface area (Å²) in [6.45, 7) is 7.25. The molecule has 1 rings (SSSR count). The third kappa shape index (κ3) is 3.24. The van der Waals surface area contributed by atoms with Crippen LogP contribution in [0.25, 0.3) is 0 Å². The number of nitrogens with two attached hydrogens (primary N) is 1. The molecule has 0 fully saturated rings. The average Bonchev–Trinajstić information content (AvgIpc) is 2.21. The highest BCUT2D eigenvalue weighted by Crippen LogP contribution is 2.22. The average molecular weight is 206 g/mol. The molecule has 0 heterocycles. The van der Waals surface area contributed by atoms with Crippen molar-refractivity contribution in [2.75, 3.05) is 11.9 Å². The van der Waals surface area contributed by atoms with Crippen molar-refractivity contribution in [3.05, 3.63) is 29.3 Å². The van der Waals surface area contributed by atoms with E-state index in [1.165, 1.54) is 16.8 Å². The van der Waals surface area contributed by atoms with Crippen LogP contribution in [-0.4, -0.2) is 12.6 Å². The van der Waals surface area contributed by atoms with Crippen molar-refractivity contribution in [2.24, 2.45) is 5.73 Å². The van der Waals surface area contributed by atoms with E-state index in [1.54, 1.807) is 0 Å². The van der Waals surface area contributed by atoms with E-state index >= 15 is 0 Å². The third-order valence-corrected chi connectivity index (χ3v) is 2.73. The van der Waals surface area contributed by atoms with Crippen molar-refractivity contribution in [1.29, 1.82) is 0 Å². The first kappa shape index (κ1) is 12.1. The molecule has 84 valence electrons. The second-order valence-electron chi connectivity index (χ2n) is 4.09. The first-order valence-electron chi connectivity index (χ1n) is 5.74. The normalized spacial score (nSPS) is 12.5. The number of hydrogen-bond donors (Lipinski definition) is 2. The van der Waals surface area contributed by atoms with Crippen molar-refractivity contribution >= 4 is 5.69 Å². The summed E-state index contributed by atoms with van der Waals surface area (Å²) in [5.74, 6) is 0.